The smallest absolute Gasteiger partial charge is 0.337 e. The number of benzene rings is 1. The van der Waals surface area contributed by atoms with E-state index in [1.165, 1.54) is 12.0 Å². The summed E-state index contributed by atoms with van der Waals surface area (Å²) in [7, 11) is 1.28. The van der Waals surface area contributed by atoms with Crippen LogP contribution in [0.15, 0.2) is 29.5 Å². The third-order valence-electron chi connectivity index (χ3n) is 4.27. The minimum atomic E-state index is -0.548. The molecule has 8 nitrogen and oxygen atoms in total. The number of aliphatic hydroxyl groups excluding tert-OH is 1. The molecule has 4 N–H and O–H groups in total. The van der Waals surface area contributed by atoms with E-state index < -0.39 is 5.97 Å². The van der Waals surface area contributed by atoms with Gasteiger partial charge in [-0.1, -0.05) is 6.07 Å². The molecule has 0 aliphatic carbocycles. The molecule has 1 amide bonds. The van der Waals surface area contributed by atoms with E-state index in [4.69, 9.17) is 9.84 Å². The van der Waals surface area contributed by atoms with Gasteiger partial charge in [0.15, 0.2) is 0 Å². The molecule has 0 aromatic heterocycles. The number of carbonyl (C=O) groups excluding carboxylic acids is 2. The predicted molar refractivity (Wildman–Crippen MR) is 93.0 cm³/mol. The molecule has 8 heteroatoms. The van der Waals surface area contributed by atoms with Crippen molar-refractivity contribution < 1.29 is 19.4 Å². The zero-order valence-electron chi connectivity index (χ0n) is 14.1. The molecule has 0 spiro atoms. The second-order valence-corrected chi connectivity index (χ2v) is 5.90. The Bertz CT molecular complexity index is 717. The summed E-state index contributed by atoms with van der Waals surface area (Å²) in [5.74, 6) is -0.868. The molecule has 0 saturated carbocycles. The van der Waals surface area contributed by atoms with Crippen LogP contribution in [0.2, 0.25) is 0 Å². The number of fused-ring (bicyclic) bond motifs is 1. The Morgan fingerprint density at radius 3 is 3.00 bits per heavy atom. The molecule has 3 rings (SSSR count). The number of hydrogen-bond acceptors (Lipinski definition) is 7. The lowest BCUT2D eigenvalue weighted by Gasteiger charge is -2.15. The molecule has 0 atom stereocenters. The van der Waals surface area contributed by atoms with Crippen LogP contribution < -0.4 is 16.0 Å². The first-order valence-corrected chi connectivity index (χ1v) is 8.20. The van der Waals surface area contributed by atoms with E-state index in [-0.39, 0.29) is 36.9 Å². The molecule has 0 fully saturated rings. The number of methoxy groups -OCH3 is 1. The lowest BCUT2D eigenvalue weighted by Crippen LogP contribution is -2.31. The van der Waals surface area contributed by atoms with E-state index in [9.17, 15) is 9.59 Å². The summed E-state index contributed by atoms with van der Waals surface area (Å²) < 4.78 is 4.79. The fourth-order valence-electron chi connectivity index (χ4n) is 2.97. The summed E-state index contributed by atoms with van der Waals surface area (Å²) in [5.41, 5.74) is 3.32. The van der Waals surface area contributed by atoms with Crippen molar-refractivity contribution in [2.75, 3.05) is 50.5 Å². The van der Waals surface area contributed by atoms with Crippen molar-refractivity contribution in [3.05, 3.63) is 35.0 Å². The van der Waals surface area contributed by atoms with E-state index >= 15 is 0 Å². The summed E-state index contributed by atoms with van der Waals surface area (Å²) in [6.45, 7) is 2.61. The predicted octanol–water partition coefficient (Wildman–Crippen LogP) is -0.125. The van der Waals surface area contributed by atoms with Crippen LogP contribution in [-0.2, 0) is 20.9 Å². The number of β-amino-alcohol motifs (C(OH)–C–C–N with tert-alkyl or cyclic N) is 1. The van der Waals surface area contributed by atoms with E-state index in [1.807, 2.05) is 18.2 Å². The van der Waals surface area contributed by atoms with E-state index in [2.05, 4.69) is 16.0 Å². The number of rotatable bonds is 5. The van der Waals surface area contributed by atoms with Gasteiger partial charge in [0.05, 0.1) is 25.8 Å². The molecule has 0 saturated heterocycles. The van der Waals surface area contributed by atoms with Gasteiger partial charge >= 0.3 is 5.97 Å². The van der Waals surface area contributed by atoms with Gasteiger partial charge in [-0.05, 0) is 17.7 Å². The van der Waals surface area contributed by atoms with Gasteiger partial charge in [0.1, 0.15) is 5.70 Å². The third kappa shape index (κ3) is 3.59. The second kappa shape index (κ2) is 7.54. The van der Waals surface area contributed by atoms with Gasteiger partial charge in [-0.2, -0.15) is 0 Å². The van der Waals surface area contributed by atoms with E-state index in [1.54, 1.807) is 0 Å². The van der Waals surface area contributed by atoms with Crippen molar-refractivity contribution in [3.8, 4) is 0 Å². The number of amides is 1. The van der Waals surface area contributed by atoms with Crippen LogP contribution in [-0.4, -0.2) is 61.8 Å². The van der Waals surface area contributed by atoms with Gasteiger partial charge in [0.25, 0.3) is 5.91 Å². The maximum atomic E-state index is 12.5. The Labute approximate surface area is 145 Å². The van der Waals surface area contributed by atoms with Crippen molar-refractivity contribution in [2.45, 2.75) is 6.54 Å². The Morgan fingerprint density at radius 2 is 2.24 bits per heavy atom. The van der Waals surface area contributed by atoms with Gasteiger partial charge in [-0.15, -0.1) is 0 Å². The highest BCUT2D eigenvalue weighted by molar-refractivity contribution is 6.08. The highest BCUT2D eigenvalue weighted by atomic mass is 16.5. The molecule has 0 radical (unpaired) electrons. The van der Waals surface area contributed by atoms with Crippen LogP contribution in [0.4, 0.5) is 11.4 Å². The van der Waals surface area contributed by atoms with Crippen LogP contribution in [0.1, 0.15) is 5.56 Å². The molecular weight excluding hydrogens is 324 g/mol. The Hall–Kier alpha value is -2.58. The lowest BCUT2D eigenvalue weighted by atomic mass is 10.1. The number of esters is 1. The SMILES string of the molecule is COC(=O)C1=C(Nc2ccc3c(c2)NCCNC3)C(=O)N(CCO)C1. The largest absolute Gasteiger partial charge is 0.466 e. The van der Waals surface area contributed by atoms with Gasteiger partial charge < -0.3 is 30.7 Å². The van der Waals surface area contributed by atoms with Crippen LogP contribution in [0.3, 0.4) is 0 Å². The zero-order valence-corrected chi connectivity index (χ0v) is 14.1. The molecule has 2 aliphatic rings. The number of nitrogens with zero attached hydrogens (tertiary/aromatic N) is 1. The van der Waals surface area contributed by atoms with Crippen LogP contribution in [0.25, 0.3) is 0 Å². The molecule has 2 heterocycles. The summed E-state index contributed by atoms with van der Waals surface area (Å²) in [6.07, 6.45) is 0. The van der Waals surface area contributed by atoms with E-state index in [0.29, 0.717) is 5.69 Å². The minimum absolute atomic E-state index is 0.126. The van der Waals surface area contributed by atoms with Crippen molar-refractivity contribution in [1.82, 2.24) is 10.2 Å². The van der Waals surface area contributed by atoms with Crippen molar-refractivity contribution in [1.29, 1.82) is 0 Å². The first-order chi connectivity index (χ1) is 12.1. The first kappa shape index (κ1) is 17.2. The number of aliphatic hydroxyl groups is 1. The van der Waals surface area contributed by atoms with Gasteiger partial charge in [-0.25, -0.2) is 4.79 Å². The van der Waals surface area contributed by atoms with Gasteiger partial charge in [-0.3, -0.25) is 4.79 Å². The molecule has 1 aromatic rings. The quantitative estimate of drug-likeness (QED) is 0.551. The molecule has 2 aliphatic heterocycles. The van der Waals surface area contributed by atoms with Crippen molar-refractivity contribution >= 4 is 23.3 Å². The summed E-state index contributed by atoms with van der Waals surface area (Å²) in [6, 6.07) is 5.77. The molecule has 0 unspecified atom stereocenters. The highest BCUT2D eigenvalue weighted by Gasteiger charge is 2.34. The number of anilines is 2. The summed E-state index contributed by atoms with van der Waals surface area (Å²) in [5, 5.41) is 18.8. The Morgan fingerprint density at radius 1 is 1.40 bits per heavy atom. The number of carbonyl (C=O) groups is 2. The molecule has 1 aromatic carbocycles. The number of hydrogen-bond donors (Lipinski definition) is 4. The average Bonchev–Trinajstić information content (AvgIpc) is 2.79. The molecule has 25 heavy (non-hydrogen) atoms. The maximum Gasteiger partial charge on any atom is 0.337 e. The topological polar surface area (TPSA) is 103 Å². The Kier molecular flexibility index (Phi) is 5.20. The third-order valence-corrected chi connectivity index (χ3v) is 4.27. The standard InChI is InChI=1S/C17H22N4O4/c1-25-17(24)13-10-21(6-7-22)16(23)15(13)20-12-3-2-11-9-18-4-5-19-14(11)8-12/h2-3,8,18-20,22H,4-7,9-10H2,1H3. The first-order valence-electron chi connectivity index (χ1n) is 8.20. The van der Waals surface area contributed by atoms with Crippen molar-refractivity contribution in [3.63, 3.8) is 0 Å². The zero-order chi connectivity index (χ0) is 17.8. The highest BCUT2D eigenvalue weighted by Crippen LogP contribution is 2.26. The van der Waals surface area contributed by atoms with Gasteiger partial charge in [0, 0.05) is 37.6 Å². The fraction of sp³-hybridized carbons (Fsp3) is 0.412. The van der Waals surface area contributed by atoms with Gasteiger partial charge in [0.2, 0.25) is 0 Å². The lowest BCUT2D eigenvalue weighted by molar-refractivity contribution is -0.136. The summed E-state index contributed by atoms with van der Waals surface area (Å²) >= 11 is 0. The second-order valence-electron chi connectivity index (χ2n) is 5.90. The summed E-state index contributed by atoms with van der Waals surface area (Å²) in [4.78, 5) is 26.0. The van der Waals surface area contributed by atoms with Crippen molar-refractivity contribution in [2.24, 2.45) is 0 Å². The average molecular weight is 346 g/mol. The van der Waals surface area contributed by atoms with E-state index in [0.717, 1.165) is 30.9 Å². The molecular formula is C17H22N4O4. The molecule has 0 bridgehead atoms. The van der Waals surface area contributed by atoms with Crippen LogP contribution in [0, 0.1) is 0 Å². The van der Waals surface area contributed by atoms with Crippen LogP contribution >= 0.6 is 0 Å². The minimum Gasteiger partial charge on any atom is -0.466 e. The fourth-order valence-corrected chi connectivity index (χ4v) is 2.97. The maximum absolute atomic E-state index is 12.5. The number of nitrogens with one attached hydrogen (secondary N) is 3. The number of ether oxygens (including phenoxy) is 1. The van der Waals surface area contributed by atoms with Crippen LogP contribution in [0.5, 0.6) is 0 Å². The monoisotopic (exact) mass is 346 g/mol. The Balaban J connectivity index is 1.87. The molecule has 134 valence electrons. The normalized spacial score (nSPS) is 17.0.